The first kappa shape index (κ1) is 12.9. The van der Waals surface area contributed by atoms with Crippen molar-refractivity contribution >= 4 is 11.6 Å². The number of hydrogen-bond acceptors (Lipinski definition) is 2. The summed E-state index contributed by atoms with van der Waals surface area (Å²) in [5, 5.41) is 0. The van der Waals surface area contributed by atoms with E-state index in [0.29, 0.717) is 12.3 Å². The molecule has 0 radical (unpaired) electrons. The van der Waals surface area contributed by atoms with Crippen LogP contribution in [-0.2, 0) is 4.79 Å². The van der Waals surface area contributed by atoms with Crippen molar-refractivity contribution in [1.82, 2.24) is 4.90 Å². The molecule has 98 valence electrons. The van der Waals surface area contributed by atoms with Gasteiger partial charge in [-0.25, -0.2) is 0 Å². The lowest BCUT2D eigenvalue weighted by Crippen LogP contribution is -2.32. The molecule has 3 heteroatoms. The van der Waals surface area contributed by atoms with Gasteiger partial charge >= 0.3 is 0 Å². The second-order valence-corrected chi connectivity index (χ2v) is 5.35. The number of nitrogen functional groups attached to an aromatic ring is 1. The van der Waals surface area contributed by atoms with Gasteiger partial charge in [-0.3, -0.25) is 4.79 Å². The second kappa shape index (κ2) is 5.42. The lowest BCUT2D eigenvalue weighted by Gasteiger charge is -2.30. The van der Waals surface area contributed by atoms with Crippen LogP contribution in [0, 0.1) is 5.92 Å². The van der Waals surface area contributed by atoms with Gasteiger partial charge in [0.25, 0.3) is 0 Å². The molecule has 0 bridgehead atoms. The summed E-state index contributed by atoms with van der Waals surface area (Å²) in [6.45, 7) is 2.05. The molecule has 0 saturated heterocycles. The highest BCUT2D eigenvalue weighted by Gasteiger charge is 2.24. The van der Waals surface area contributed by atoms with Gasteiger partial charge in [0.1, 0.15) is 0 Å². The van der Waals surface area contributed by atoms with Crippen molar-refractivity contribution in [3.63, 3.8) is 0 Å². The molecule has 1 unspecified atom stereocenters. The van der Waals surface area contributed by atoms with Crippen molar-refractivity contribution in [1.29, 1.82) is 0 Å². The molecule has 2 rings (SSSR count). The van der Waals surface area contributed by atoms with Crippen molar-refractivity contribution in [3.8, 4) is 0 Å². The topological polar surface area (TPSA) is 46.3 Å². The molecule has 18 heavy (non-hydrogen) atoms. The van der Waals surface area contributed by atoms with Gasteiger partial charge in [0.2, 0.25) is 5.91 Å². The van der Waals surface area contributed by atoms with Crippen LogP contribution in [0.3, 0.4) is 0 Å². The van der Waals surface area contributed by atoms with Crippen LogP contribution >= 0.6 is 0 Å². The van der Waals surface area contributed by atoms with Crippen LogP contribution in [-0.4, -0.2) is 17.9 Å². The molecule has 1 aromatic carbocycles. The van der Waals surface area contributed by atoms with Crippen LogP contribution in [0.1, 0.15) is 44.2 Å². The maximum absolute atomic E-state index is 12.1. The molecule has 1 saturated carbocycles. The first-order chi connectivity index (χ1) is 8.58. The van der Waals surface area contributed by atoms with Gasteiger partial charge in [0.05, 0.1) is 6.04 Å². The Balaban J connectivity index is 1.98. The number of nitrogens with two attached hydrogens (primary N) is 1. The van der Waals surface area contributed by atoms with Gasteiger partial charge in [0.15, 0.2) is 0 Å². The molecule has 1 atom stereocenters. The number of anilines is 1. The van der Waals surface area contributed by atoms with Crippen LogP contribution in [0.25, 0.3) is 0 Å². The van der Waals surface area contributed by atoms with E-state index in [1.165, 1.54) is 19.3 Å². The average Bonchev–Trinajstić information content (AvgIpc) is 2.31. The Labute approximate surface area is 109 Å². The third kappa shape index (κ3) is 2.84. The van der Waals surface area contributed by atoms with E-state index < -0.39 is 0 Å². The Morgan fingerprint density at radius 1 is 1.50 bits per heavy atom. The Hall–Kier alpha value is -1.51. The van der Waals surface area contributed by atoms with Crippen molar-refractivity contribution < 1.29 is 4.79 Å². The molecule has 3 nitrogen and oxygen atoms in total. The predicted molar refractivity (Wildman–Crippen MR) is 74.0 cm³/mol. The minimum atomic E-state index is 0.0843. The molecular formula is C15H22N2O. The Bertz CT molecular complexity index is 426. The number of hydrogen-bond donors (Lipinski definition) is 1. The second-order valence-electron chi connectivity index (χ2n) is 5.35. The molecule has 1 aliphatic rings. The van der Waals surface area contributed by atoms with Gasteiger partial charge in [0, 0.05) is 19.2 Å². The van der Waals surface area contributed by atoms with Gasteiger partial charge < -0.3 is 10.6 Å². The molecule has 2 N–H and O–H groups in total. The largest absolute Gasteiger partial charge is 0.399 e. The Morgan fingerprint density at radius 2 is 2.22 bits per heavy atom. The average molecular weight is 246 g/mol. The first-order valence-corrected chi connectivity index (χ1v) is 6.69. The monoisotopic (exact) mass is 246 g/mol. The number of carbonyl (C=O) groups excluding carboxylic acids is 1. The van der Waals surface area contributed by atoms with Crippen LogP contribution in [0.5, 0.6) is 0 Å². The number of carbonyl (C=O) groups is 1. The zero-order valence-corrected chi connectivity index (χ0v) is 11.2. The van der Waals surface area contributed by atoms with Gasteiger partial charge in [-0.05, 0) is 43.4 Å². The lowest BCUT2D eigenvalue weighted by atomic mass is 9.82. The van der Waals surface area contributed by atoms with Crippen LogP contribution in [0.4, 0.5) is 5.69 Å². The van der Waals surface area contributed by atoms with E-state index >= 15 is 0 Å². The smallest absolute Gasteiger partial charge is 0.223 e. The highest BCUT2D eigenvalue weighted by atomic mass is 16.2. The number of rotatable bonds is 4. The van der Waals surface area contributed by atoms with E-state index in [1.807, 2.05) is 43.1 Å². The van der Waals surface area contributed by atoms with Gasteiger partial charge in [-0.15, -0.1) is 0 Å². The molecule has 1 aliphatic carbocycles. The van der Waals surface area contributed by atoms with Crippen LogP contribution in [0.2, 0.25) is 0 Å². The maximum Gasteiger partial charge on any atom is 0.223 e. The maximum atomic E-state index is 12.1. The molecular weight excluding hydrogens is 224 g/mol. The zero-order valence-electron chi connectivity index (χ0n) is 11.2. The third-order valence-electron chi connectivity index (χ3n) is 4.06. The normalized spacial score (nSPS) is 17.0. The summed E-state index contributed by atoms with van der Waals surface area (Å²) in [5.74, 6) is 0.864. The van der Waals surface area contributed by atoms with Crippen LogP contribution < -0.4 is 5.73 Å². The molecule has 0 spiro atoms. The Morgan fingerprint density at radius 3 is 2.78 bits per heavy atom. The fraction of sp³-hybridized carbons (Fsp3) is 0.533. The van der Waals surface area contributed by atoms with E-state index in [2.05, 4.69) is 0 Å². The summed E-state index contributed by atoms with van der Waals surface area (Å²) in [6.07, 6.45) is 4.41. The van der Waals surface area contributed by atoms with Crippen molar-refractivity contribution in [3.05, 3.63) is 29.8 Å². The van der Waals surface area contributed by atoms with E-state index in [0.717, 1.165) is 11.3 Å². The van der Waals surface area contributed by atoms with Crippen LogP contribution in [0.15, 0.2) is 24.3 Å². The number of nitrogens with zero attached hydrogens (tertiary/aromatic N) is 1. The van der Waals surface area contributed by atoms with E-state index in [9.17, 15) is 4.79 Å². The van der Waals surface area contributed by atoms with Crippen molar-refractivity contribution in [2.24, 2.45) is 5.92 Å². The predicted octanol–water partition coefficient (Wildman–Crippen LogP) is 2.98. The quantitative estimate of drug-likeness (QED) is 0.830. The van der Waals surface area contributed by atoms with E-state index in [1.54, 1.807) is 0 Å². The fourth-order valence-corrected chi connectivity index (χ4v) is 2.35. The fourth-order valence-electron chi connectivity index (χ4n) is 2.35. The van der Waals surface area contributed by atoms with E-state index in [4.69, 9.17) is 5.73 Å². The highest BCUT2D eigenvalue weighted by molar-refractivity contribution is 5.76. The zero-order chi connectivity index (χ0) is 13.1. The van der Waals surface area contributed by atoms with Crippen molar-refractivity contribution in [2.45, 2.75) is 38.6 Å². The highest BCUT2D eigenvalue weighted by Crippen LogP contribution is 2.31. The minimum Gasteiger partial charge on any atom is -0.399 e. The SMILES string of the molecule is CC(c1cccc(N)c1)N(C)C(=O)CC1CCC1. The molecule has 1 amide bonds. The summed E-state index contributed by atoms with van der Waals surface area (Å²) >= 11 is 0. The third-order valence-corrected chi connectivity index (χ3v) is 4.06. The van der Waals surface area contributed by atoms with Crippen molar-refractivity contribution in [2.75, 3.05) is 12.8 Å². The Kier molecular flexibility index (Phi) is 3.90. The molecule has 1 fully saturated rings. The van der Waals surface area contributed by atoms with Gasteiger partial charge in [-0.2, -0.15) is 0 Å². The first-order valence-electron chi connectivity index (χ1n) is 6.69. The summed E-state index contributed by atoms with van der Waals surface area (Å²) in [7, 11) is 1.88. The summed E-state index contributed by atoms with van der Waals surface area (Å²) in [6, 6.07) is 7.85. The minimum absolute atomic E-state index is 0.0843. The van der Waals surface area contributed by atoms with Gasteiger partial charge in [-0.1, -0.05) is 18.6 Å². The molecule has 0 aromatic heterocycles. The number of amides is 1. The molecule has 1 aromatic rings. The lowest BCUT2D eigenvalue weighted by molar-refractivity contribution is -0.133. The molecule has 0 aliphatic heterocycles. The summed E-state index contributed by atoms with van der Waals surface area (Å²) < 4.78 is 0. The number of benzene rings is 1. The summed E-state index contributed by atoms with van der Waals surface area (Å²) in [4.78, 5) is 14.0. The molecule has 0 heterocycles. The summed E-state index contributed by atoms with van der Waals surface area (Å²) in [5.41, 5.74) is 7.63. The van der Waals surface area contributed by atoms with E-state index in [-0.39, 0.29) is 11.9 Å². The standard InChI is InChI=1S/C15H22N2O/c1-11(13-7-4-8-14(16)10-13)17(2)15(18)9-12-5-3-6-12/h4,7-8,10-12H,3,5-6,9,16H2,1-2H3.